The number of ether oxygens (including phenoxy) is 10. The Morgan fingerprint density at radius 2 is 0.717 bits per heavy atom. The van der Waals surface area contributed by atoms with E-state index in [2.05, 4.69) is 10.6 Å². The number of carbonyl (C=O) groups is 10. The third kappa shape index (κ3) is 15.2. The van der Waals surface area contributed by atoms with Crippen LogP contribution in [0.1, 0.15) is 68.2 Å². The van der Waals surface area contributed by atoms with E-state index in [1.54, 1.807) is 0 Å². The molecule has 2 aliphatic rings. The molecular weight excluding hydrogens is 804 g/mol. The number of anilines is 2. The van der Waals surface area contributed by atoms with Crippen molar-refractivity contribution in [1.29, 1.82) is 0 Å². The third-order valence-corrected chi connectivity index (χ3v) is 8.38. The molecule has 0 spiro atoms. The summed E-state index contributed by atoms with van der Waals surface area (Å²) in [7, 11) is 0. The highest BCUT2D eigenvalue weighted by Crippen LogP contribution is 2.33. The summed E-state index contributed by atoms with van der Waals surface area (Å²) in [4.78, 5) is 123. The Morgan fingerprint density at radius 1 is 0.433 bits per heavy atom. The summed E-state index contributed by atoms with van der Waals surface area (Å²) in [5, 5.41) is 5.24. The van der Waals surface area contributed by atoms with Crippen LogP contribution in [0.5, 0.6) is 0 Å². The van der Waals surface area contributed by atoms with Crippen LogP contribution in [0.4, 0.5) is 11.4 Å². The van der Waals surface area contributed by atoms with E-state index in [9.17, 15) is 47.9 Å². The van der Waals surface area contributed by atoms with Gasteiger partial charge in [0.1, 0.15) is 37.6 Å². The fourth-order valence-corrected chi connectivity index (χ4v) is 6.43. The molecule has 60 heavy (non-hydrogen) atoms. The SMILES string of the molecule is CC(=O)OC[C@H]1O[C@H](CC(=O)Nc2cccc(NC(=O)C[C@H]3O[C@H](COC(C)=O)[C@@H](OC(C)=O)[C@H](OC(C)=O)[C@@H]3OC(C)=O)c2)[C@@H](OC(C)=O)[C@H](OC(C)=O)[C@@H]1OC(C)=O. The summed E-state index contributed by atoms with van der Waals surface area (Å²) in [5.74, 6) is -7.92. The van der Waals surface area contributed by atoms with Crippen molar-refractivity contribution in [3.63, 3.8) is 0 Å². The van der Waals surface area contributed by atoms with Gasteiger partial charge in [0.15, 0.2) is 36.6 Å². The number of hydrogen-bond donors (Lipinski definition) is 2. The summed E-state index contributed by atoms with van der Waals surface area (Å²) in [6.45, 7) is 7.63. The first-order valence-electron chi connectivity index (χ1n) is 18.4. The Morgan fingerprint density at radius 3 is 1.00 bits per heavy atom. The smallest absolute Gasteiger partial charge is 0.303 e. The first kappa shape index (κ1) is 48.2. The molecule has 330 valence electrons. The molecule has 0 aromatic heterocycles. The van der Waals surface area contributed by atoms with Crippen molar-refractivity contribution in [2.24, 2.45) is 0 Å². The van der Waals surface area contributed by atoms with Gasteiger partial charge in [-0.1, -0.05) is 6.07 Å². The van der Waals surface area contributed by atoms with E-state index in [1.165, 1.54) is 24.3 Å². The molecule has 2 fully saturated rings. The molecule has 0 unspecified atom stereocenters. The highest BCUT2D eigenvalue weighted by molar-refractivity contribution is 5.94. The Hall–Kier alpha value is -6.16. The predicted octanol–water partition coefficient (Wildman–Crippen LogP) is 0.595. The molecular formula is C38H48N2O20. The molecule has 0 radical (unpaired) electrons. The summed E-state index contributed by atoms with van der Waals surface area (Å²) in [6, 6.07) is 5.80. The highest BCUT2D eigenvalue weighted by atomic mass is 16.7. The molecule has 22 nitrogen and oxygen atoms in total. The van der Waals surface area contributed by atoms with Crippen LogP contribution in [0, 0.1) is 0 Å². The van der Waals surface area contributed by atoms with Gasteiger partial charge >= 0.3 is 47.8 Å². The number of benzene rings is 1. The van der Waals surface area contributed by atoms with E-state index in [4.69, 9.17) is 47.4 Å². The molecule has 1 aromatic rings. The van der Waals surface area contributed by atoms with Crippen LogP contribution in [0.15, 0.2) is 24.3 Å². The van der Waals surface area contributed by atoms with E-state index in [-0.39, 0.29) is 11.4 Å². The predicted molar refractivity (Wildman–Crippen MR) is 197 cm³/mol. The zero-order chi connectivity index (χ0) is 44.8. The van der Waals surface area contributed by atoms with Gasteiger partial charge in [-0.3, -0.25) is 47.9 Å². The summed E-state index contributed by atoms with van der Waals surface area (Å²) in [5.41, 5.74) is 0.298. The molecule has 0 aliphatic carbocycles. The molecule has 1 aromatic carbocycles. The second kappa shape index (κ2) is 22.3. The van der Waals surface area contributed by atoms with Gasteiger partial charge in [-0.2, -0.15) is 0 Å². The maximum atomic E-state index is 13.5. The fraction of sp³-hybridized carbons (Fsp3) is 0.579. The molecule has 3 rings (SSSR count). The standard InChI is InChI=1S/C38H48N2O20/c1-17(41)51-15-29-35(55-21(5)45)37(57-23(7)47)33(53-19(3)43)27(59-29)13-31(49)39-25-10-9-11-26(12-25)40-32(50)14-28-34(54-20(4)44)38(58-24(8)48)36(56-22(6)46)30(60-28)16-52-18(2)42/h9-12,27-30,33-38H,13-16H2,1-8H3,(H,39,49)(H,40,50)/t27-,28-,29-,30-,33-,34-,35-,36-,37-,38+/m1/s1. The maximum Gasteiger partial charge on any atom is 0.303 e. The van der Waals surface area contributed by atoms with Crippen LogP contribution in [0.2, 0.25) is 0 Å². The average Bonchev–Trinajstić information content (AvgIpc) is 3.10. The van der Waals surface area contributed by atoms with Gasteiger partial charge in [0, 0.05) is 66.8 Å². The van der Waals surface area contributed by atoms with Gasteiger partial charge in [-0.15, -0.1) is 0 Å². The van der Waals surface area contributed by atoms with Crippen LogP contribution in [-0.4, -0.2) is 134 Å². The molecule has 0 bridgehead atoms. The number of rotatable bonds is 16. The Kier molecular flexibility index (Phi) is 17.9. The zero-order valence-corrected chi connectivity index (χ0v) is 34.1. The van der Waals surface area contributed by atoms with Crippen molar-refractivity contribution in [3.8, 4) is 0 Å². The minimum absolute atomic E-state index is 0.149. The summed E-state index contributed by atoms with van der Waals surface area (Å²) in [6.07, 6.45) is -15.1. The van der Waals surface area contributed by atoms with Crippen molar-refractivity contribution in [1.82, 2.24) is 0 Å². The minimum Gasteiger partial charge on any atom is -0.463 e. The van der Waals surface area contributed by atoms with Crippen molar-refractivity contribution in [3.05, 3.63) is 24.3 Å². The molecule has 2 heterocycles. The van der Waals surface area contributed by atoms with Crippen molar-refractivity contribution in [2.45, 2.75) is 129 Å². The first-order valence-corrected chi connectivity index (χ1v) is 18.4. The van der Waals surface area contributed by atoms with Crippen LogP contribution < -0.4 is 10.6 Å². The van der Waals surface area contributed by atoms with Gasteiger partial charge < -0.3 is 58.0 Å². The van der Waals surface area contributed by atoms with Gasteiger partial charge in [0.05, 0.1) is 12.8 Å². The van der Waals surface area contributed by atoms with Crippen LogP contribution in [0.25, 0.3) is 0 Å². The van der Waals surface area contributed by atoms with E-state index in [0.29, 0.717) is 0 Å². The molecule has 22 heteroatoms. The topological polar surface area (TPSA) is 287 Å². The monoisotopic (exact) mass is 852 g/mol. The lowest BCUT2D eigenvalue weighted by Gasteiger charge is -2.44. The zero-order valence-electron chi connectivity index (χ0n) is 34.1. The molecule has 2 saturated heterocycles. The lowest BCUT2D eigenvalue weighted by atomic mass is 9.92. The fourth-order valence-electron chi connectivity index (χ4n) is 6.43. The quantitative estimate of drug-likeness (QED) is 0.170. The normalized spacial score (nSPS) is 25.8. The van der Waals surface area contributed by atoms with E-state index < -0.39 is 147 Å². The van der Waals surface area contributed by atoms with Crippen LogP contribution in [-0.2, 0) is 95.3 Å². The number of esters is 8. The second-order valence-corrected chi connectivity index (χ2v) is 13.6. The lowest BCUT2D eigenvalue weighted by Crippen LogP contribution is -2.62. The van der Waals surface area contributed by atoms with Crippen LogP contribution >= 0.6 is 0 Å². The van der Waals surface area contributed by atoms with Crippen molar-refractivity contribution >= 4 is 70.9 Å². The molecule has 10 atom stereocenters. The minimum atomic E-state index is -1.48. The van der Waals surface area contributed by atoms with Gasteiger partial charge in [0.25, 0.3) is 0 Å². The molecule has 0 saturated carbocycles. The van der Waals surface area contributed by atoms with E-state index >= 15 is 0 Å². The Balaban J connectivity index is 1.84. The third-order valence-electron chi connectivity index (χ3n) is 8.38. The average molecular weight is 853 g/mol. The van der Waals surface area contributed by atoms with Crippen molar-refractivity contribution < 1.29 is 95.3 Å². The Labute approximate surface area is 343 Å². The lowest BCUT2D eigenvalue weighted by molar-refractivity contribution is -0.252. The van der Waals surface area contributed by atoms with Gasteiger partial charge in [-0.05, 0) is 18.2 Å². The van der Waals surface area contributed by atoms with Crippen molar-refractivity contribution in [2.75, 3.05) is 23.8 Å². The summed E-state index contributed by atoms with van der Waals surface area (Å²) >= 11 is 0. The maximum absolute atomic E-state index is 13.5. The number of carbonyl (C=O) groups excluding carboxylic acids is 10. The number of nitrogens with one attached hydrogen (secondary N) is 2. The second-order valence-electron chi connectivity index (χ2n) is 13.6. The molecule has 2 amide bonds. The number of hydrogen-bond acceptors (Lipinski definition) is 20. The van der Waals surface area contributed by atoms with Gasteiger partial charge in [0.2, 0.25) is 11.8 Å². The highest BCUT2D eigenvalue weighted by Gasteiger charge is 2.54. The van der Waals surface area contributed by atoms with Gasteiger partial charge in [-0.25, -0.2) is 0 Å². The van der Waals surface area contributed by atoms with E-state index in [0.717, 1.165) is 55.4 Å². The molecule has 2 N–H and O–H groups in total. The summed E-state index contributed by atoms with van der Waals surface area (Å²) < 4.78 is 54.5. The first-order chi connectivity index (χ1) is 28.1. The van der Waals surface area contributed by atoms with Crippen LogP contribution in [0.3, 0.4) is 0 Å². The Bertz CT molecular complexity index is 1670. The molecule has 2 aliphatic heterocycles. The largest absolute Gasteiger partial charge is 0.463 e. The number of amides is 2. The van der Waals surface area contributed by atoms with E-state index in [1.807, 2.05) is 0 Å².